The average molecular weight is 314 g/mol. The summed E-state index contributed by atoms with van der Waals surface area (Å²) in [4.78, 5) is 13.7. The van der Waals surface area contributed by atoms with Crippen molar-refractivity contribution in [2.75, 3.05) is 13.1 Å². The standard InChI is InChI=1S/C19H26N2O2/c22-19(20-23)12-9-15-7-10-17(11-8-15)18-6-3-13-21(18)14-16-4-1-2-5-16/h7-12,16,18,23H,1-6,13-14H2,(H,20,22). The van der Waals surface area contributed by atoms with Crippen LogP contribution in [0.1, 0.15) is 55.7 Å². The minimum absolute atomic E-state index is 0.507. The summed E-state index contributed by atoms with van der Waals surface area (Å²) in [5, 5.41) is 8.49. The van der Waals surface area contributed by atoms with Gasteiger partial charge in [-0.05, 0) is 55.3 Å². The molecule has 1 aromatic rings. The molecule has 3 rings (SSSR count). The first-order valence-electron chi connectivity index (χ1n) is 8.72. The molecule has 1 unspecified atom stereocenters. The maximum Gasteiger partial charge on any atom is 0.267 e. The second-order valence-corrected chi connectivity index (χ2v) is 6.78. The molecule has 1 amide bonds. The molecule has 0 spiro atoms. The molecule has 1 saturated heterocycles. The van der Waals surface area contributed by atoms with E-state index in [9.17, 15) is 4.79 Å². The number of carbonyl (C=O) groups is 1. The van der Waals surface area contributed by atoms with Gasteiger partial charge in [0.2, 0.25) is 0 Å². The van der Waals surface area contributed by atoms with E-state index in [0.717, 1.165) is 11.5 Å². The second kappa shape index (κ2) is 7.75. The fourth-order valence-corrected chi connectivity index (χ4v) is 3.99. The molecule has 1 aliphatic heterocycles. The summed E-state index contributed by atoms with van der Waals surface area (Å²) in [6.45, 7) is 2.47. The summed E-state index contributed by atoms with van der Waals surface area (Å²) in [5.74, 6) is 0.391. The molecule has 1 heterocycles. The maximum atomic E-state index is 11.0. The third-order valence-electron chi connectivity index (χ3n) is 5.19. The van der Waals surface area contributed by atoms with Gasteiger partial charge in [0.05, 0.1) is 0 Å². The van der Waals surface area contributed by atoms with Crippen LogP contribution in [0.2, 0.25) is 0 Å². The van der Waals surface area contributed by atoms with E-state index in [4.69, 9.17) is 5.21 Å². The summed E-state index contributed by atoms with van der Waals surface area (Å²) in [5.41, 5.74) is 3.95. The summed E-state index contributed by atoms with van der Waals surface area (Å²) in [7, 11) is 0. The second-order valence-electron chi connectivity index (χ2n) is 6.78. The number of likely N-dealkylation sites (tertiary alicyclic amines) is 1. The molecule has 0 radical (unpaired) electrons. The number of amides is 1. The highest BCUT2D eigenvalue weighted by Crippen LogP contribution is 2.35. The molecule has 2 fully saturated rings. The Morgan fingerprint density at radius 2 is 1.91 bits per heavy atom. The van der Waals surface area contributed by atoms with E-state index >= 15 is 0 Å². The van der Waals surface area contributed by atoms with Crippen molar-refractivity contribution >= 4 is 12.0 Å². The Morgan fingerprint density at radius 3 is 2.61 bits per heavy atom. The van der Waals surface area contributed by atoms with Gasteiger partial charge in [-0.1, -0.05) is 37.1 Å². The van der Waals surface area contributed by atoms with E-state index in [1.165, 1.54) is 63.3 Å². The molecule has 124 valence electrons. The zero-order valence-corrected chi connectivity index (χ0v) is 13.6. The summed E-state index contributed by atoms with van der Waals surface area (Å²) >= 11 is 0. The van der Waals surface area contributed by atoms with Crippen molar-refractivity contribution in [3.05, 3.63) is 41.5 Å². The van der Waals surface area contributed by atoms with Gasteiger partial charge in [-0.3, -0.25) is 14.9 Å². The molecule has 23 heavy (non-hydrogen) atoms. The molecule has 2 aliphatic rings. The van der Waals surface area contributed by atoms with Gasteiger partial charge in [0.15, 0.2) is 0 Å². The van der Waals surface area contributed by atoms with Gasteiger partial charge in [-0.25, -0.2) is 5.48 Å². The lowest BCUT2D eigenvalue weighted by molar-refractivity contribution is -0.124. The SMILES string of the molecule is O=C(C=Cc1ccc(C2CCCN2CC2CCCC2)cc1)NO. The third kappa shape index (κ3) is 4.21. The van der Waals surface area contributed by atoms with Crippen LogP contribution in [0, 0.1) is 5.92 Å². The number of nitrogens with zero attached hydrogens (tertiary/aromatic N) is 1. The fraction of sp³-hybridized carbons (Fsp3) is 0.526. The Kier molecular flexibility index (Phi) is 5.47. The number of hydrogen-bond donors (Lipinski definition) is 2. The lowest BCUT2D eigenvalue weighted by atomic mass is 10.0. The van der Waals surface area contributed by atoms with Crippen molar-refractivity contribution < 1.29 is 10.0 Å². The number of hydrogen-bond acceptors (Lipinski definition) is 3. The molecule has 1 aliphatic carbocycles. The summed E-state index contributed by atoms with van der Waals surface area (Å²) in [6.07, 6.45) is 11.2. The van der Waals surface area contributed by atoms with Crippen LogP contribution in [0.3, 0.4) is 0 Å². The molecule has 1 atom stereocenters. The van der Waals surface area contributed by atoms with Crippen molar-refractivity contribution in [3.63, 3.8) is 0 Å². The van der Waals surface area contributed by atoms with Gasteiger partial charge >= 0.3 is 0 Å². The highest BCUT2D eigenvalue weighted by molar-refractivity contribution is 5.90. The molecular formula is C19H26N2O2. The Morgan fingerprint density at radius 1 is 1.17 bits per heavy atom. The topological polar surface area (TPSA) is 52.6 Å². The van der Waals surface area contributed by atoms with Gasteiger partial charge < -0.3 is 0 Å². The van der Waals surface area contributed by atoms with Gasteiger partial charge in [0, 0.05) is 18.7 Å². The van der Waals surface area contributed by atoms with Crippen molar-refractivity contribution in [2.24, 2.45) is 5.92 Å². The zero-order chi connectivity index (χ0) is 16.1. The van der Waals surface area contributed by atoms with E-state index in [1.54, 1.807) is 11.6 Å². The number of hydroxylamine groups is 1. The van der Waals surface area contributed by atoms with E-state index < -0.39 is 5.91 Å². The number of rotatable bonds is 5. The van der Waals surface area contributed by atoms with E-state index in [1.807, 2.05) is 12.1 Å². The monoisotopic (exact) mass is 314 g/mol. The van der Waals surface area contributed by atoms with Crippen molar-refractivity contribution in [3.8, 4) is 0 Å². The first-order chi connectivity index (χ1) is 11.3. The molecule has 4 nitrogen and oxygen atoms in total. The van der Waals surface area contributed by atoms with Crippen LogP contribution in [-0.4, -0.2) is 29.1 Å². The van der Waals surface area contributed by atoms with Crippen molar-refractivity contribution in [2.45, 2.75) is 44.6 Å². The van der Waals surface area contributed by atoms with Crippen LogP contribution < -0.4 is 5.48 Å². The van der Waals surface area contributed by atoms with Gasteiger partial charge in [0.1, 0.15) is 0 Å². The average Bonchev–Trinajstić information content (AvgIpc) is 3.25. The molecule has 1 saturated carbocycles. The Hall–Kier alpha value is -1.65. The number of carbonyl (C=O) groups excluding carboxylic acids is 1. The Bertz CT molecular complexity index is 547. The van der Waals surface area contributed by atoms with Crippen LogP contribution >= 0.6 is 0 Å². The molecule has 4 heteroatoms. The first-order valence-corrected chi connectivity index (χ1v) is 8.72. The maximum absolute atomic E-state index is 11.0. The van der Waals surface area contributed by atoms with Crippen LogP contribution in [0.5, 0.6) is 0 Å². The molecular weight excluding hydrogens is 288 g/mol. The van der Waals surface area contributed by atoms with Gasteiger partial charge in [-0.15, -0.1) is 0 Å². The fourth-order valence-electron chi connectivity index (χ4n) is 3.99. The number of benzene rings is 1. The molecule has 2 N–H and O–H groups in total. The quantitative estimate of drug-likeness (QED) is 0.496. The minimum Gasteiger partial charge on any atom is -0.296 e. The largest absolute Gasteiger partial charge is 0.296 e. The van der Waals surface area contributed by atoms with Gasteiger partial charge in [-0.2, -0.15) is 0 Å². The smallest absolute Gasteiger partial charge is 0.267 e. The lowest BCUT2D eigenvalue weighted by Crippen LogP contribution is -2.28. The van der Waals surface area contributed by atoms with Crippen molar-refractivity contribution in [1.82, 2.24) is 10.4 Å². The van der Waals surface area contributed by atoms with Crippen LogP contribution in [0.25, 0.3) is 6.08 Å². The molecule has 0 aromatic heterocycles. The van der Waals surface area contributed by atoms with Crippen LogP contribution in [0.4, 0.5) is 0 Å². The molecule has 0 bridgehead atoms. The van der Waals surface area contributed by atoms with Crippen LogP contribution in [-0.2, 0) is 4.79 Å². The van der Waals surface area contributed by atoms with E-state index in [0.29, 0.717) is 6.04 Å². The zero-order valence-electron chi connectivity index (χ0n) is 13.6. The van der Waals surface area contributed by atoms with Gasteiger partial charge in [0.25, 0.3) is 5.91 Å². The number of nitrogens with one attached hydrogen (secondary N) is 1. The van der Waals surface area contributed by atoms with E-state index in [-0.39, 0.29) is 0 Å². The van der Waals surface area contributed by atoms with Crippen LogP contribution in [0.15, 0.2) is 30.3 Å². The minimum atomic E-state index is -0.507. The first kappa shape index (κ1) is 16.2. The highest BCUT2D eigenvalue weighted by Gasteiger charge is 2.28. The summed E-state index contributed by atoms with van der Waals surface area (Å²) in [6, 6.07) is 8.99. The van der Waals surface area contributed by atoms with E-state index in [2.05, 4.69) is 17.0 Å². The normalized spacial score (nSPS) is 22.9. The lowest BCUT2D eigenvalue weighted by Gasteiger charge is -2.27. The predicted molar refractivity (Wildman–Crippen MR) is 90.9 cm³/mol. The third-order valence-corrected chi connectivity index (χ3v) is 5.19. The highest BCUT2D eigenvalue weighted by atomic mass is 16.5. The molecule has 1 aromatic carbocycles. The predicted octanol–water partition coefficient (Wildman–Crippen LogP) is 3.53. The van der Waals surface area contributed by atoms with Crippen molar-refractivity contribution in [1.29, 1.82) is 0 Å². The Labute approximate surface area is 138 Å². The summed E-state index contributed by atoms with van der Waals surface area (Å²) < 4.78 is 0. The Balaban J connectivity index is 1.63.